The Hall–Kier alpha value is -2.31. The Kier molecular flexibility index (Phi) is 2.18. The maximum Gasteiger partial charge on any atom is 0.156 e. The van der Waals surface area contributed by atoms with Gasteiger partial charge in [0.15, 0.2) is 5.78 Å². The van der Waals surface area contributed by atoms with Crippen molar-refractivity contribution in [1.29, 1.82) is 0 Å². The minimum Gasteiger partial charge on any atom is -0.378 e. The Morgan fingerprint density at radius 2 is 2.06 bits per heavy atom. The van der Waals surface area contributed by atoms with Crippen LogP contribution in [0.5, 0.6) is 0 Å². The van der Waals surface area contributed by atoms with Gasteiger partial charge in [-0.1, -0.05) is 30.5 Å². The van der Waals surface area contributed by atoms with Gasteiger partial charge in [-0.3, -0.25) is 4.79 Å². The van der Waals surface area contributed by atoms with Crippen LogP contribution in [-0.2, 0) is 4.79 Å². The highest BCUT2D eigenvalue weighted by Gasteiger charge is 2.62. The maximum atomic E-state index is 13.0. The molecule has 4 aliphatic carbocycles. The van der Waals surface area contributed by atoms with Crippen LogP contribution in [0.4, 0.5) is 5.69 Å². The summed E-state index contributed by atoms with van der Waals surface area (Å²) in [6.45, 7) is -3.22. The number of fused-ring (bicyclic) bond motifs is 4. The lowest BCUT2D eigenvalue weighted by molar-refractivity contribution is -0.114. The summed E-state index contributed by atoms with van der Waals surface area (Å²) < 4.78 is 166. The number of nitrogens with zero attached hydrogens (tertiary/aromatic N) is 1. The van der Waals surface area contributed by atoms with Gasteiger partial charge in [0.05, 0.1) is 1.37 Å². The van der Waals surface area contributed by atoms with Crippen molar-refractivity contribution in [2.45, 2.75) is 69.9 Å². The zero-order valence-electron chi connectivity index (χ0n) is 35.9. The summed E-state index contributed by atoms with van der Waals surface area (Å²) >= 11 is 0. The van der Waals surface area contributed by atoms with E-state index in [0.29, 0.717) is 5.69 Å². The first-order valence-electron chi connectivity index (χ1n) is 19.2. The topological polar surface area (TPSA) is 40.5 Å². The van der Waals surface area contributed by atoms with E-state index in [1.165, 1.54) is 12.1 Å². The van der Waals surface area contributed by atoms with Crippen LogP contribution < -0.4 is 4.90 Å². The number of allylic oxidation sites excluding steroid dienone is 4. The van der Waals surface area contributed by atoms with Crippen LogP contribution >= 0.6 is 0 Å². The molecule has 0 bridgehead atoms. The fourth-order valence-corrected chi connectivity index (χ4v) is 4.37. The molecule has 32 heavy (non-hydrogen) atoms. The normalized spacial score (nSPS) is 58.9. The van der Waals surface area contributed by atoms with Crippen LogP contribution in [0.2, 0.25) is 0 Å². The third-order valence-corrected chi connectivity index (χ3v) is 6.01. The van der Waals surface area contributed by atoms with Gasteiger partial charge in [0.1, 0.15) is 5.60 Å². The predicted molar refractivity (Wildman–Crippen MR) is 129 cm³/mol. The summed E-state index contributed by atoms with van der Waals surface area (Å²) in [4.78, 5) is 14.6. The Morgan fingerprint density at radius 1 is 1.28 bits per heavy atom. The first-order valence-corrected chi connectivity index (χ1v) is 10.2. The molecule has 4 aliphatic rings. The lowest BCUT2D eigenvalue weighted by atomic mass is 9.51. The molecule has 0 unspecified atom stereocenters. The van der Waals surface area contributed by atoms with Gasteiger partial charge < -0.3 is 10.0 Å². The molecule has 0 spiro atoms. The van der Waals surface area contributed by atoms with Crippen molar-refractivity contribution in [2.24, 2.45) is 17.2 Å². The molecular formula is C29H35NO2. The molecule has 0 saturated heterocycles. The Morgan fingerprint density at radius 3 is 2.75 bits per heavy atom. The highest BCUT2D eigenvalue weighted by molar-refractivity contribution is 5.93. The van der Waals surface area contributed by atoms with E-state index in [-0.39, 0.29) is 0 Å². The zero-order chi connectivity index (χ0) is 38.6. The number of hydrogen-bond donors (Lipinski definition) is 1. The molecule has 5 atom stereocenters. The second-order valence-electron chi connectivity index (χ2n) is 8.21. The summed E-state index contributed by atoms with van der Waals surface area (Å²) in [6.07, 6.45) is -24.3. The van der Waals surface area contributed by atoms with E-state index in [0.717, 1.165) is 19.1 Å². The molecule has 5 rings (SSSR count). The summed E-state index contributed by atoms with van der Waals surface area (Å²) in [6, 6.07) is 3.71. The van der Waals surface area contributed by atoms with Gasteiger partial charge in [-0.2, -0.15) is 0 Å². The molecule has 3 heteroatoms. The quantitative estimate of drug-likeness (QED) is 0.617. The first kappa shape index (κ1) is 9.15. The van der Waals surface area contributed by atoms with Crippen LogP contribution in [-0.4, -0.2) is 30.6 Å². The van der Waals surface area contributed by atoms with E-state index in [1.54, 1.807) is 19.0 Å². The van der Waals surface area contributed by atoms with Crippen molar-refractivity contribution in [3.8, 4) is 11.8 Å². The van der Waals surface area contributed by atoms with Crippen LogP contribution in [0, 0.1) is 29.1 Å². The molecule has 0 heterocycles. The molecule has 1 N–H and O–H groups in total. The number of hydrogen-bond acceptors (Lipinski definition) is 3. The minimum atomic E-state index is -4.24. The molecule has 168 valence electrons. The second kappa shape index (κ2) is 7.63. The van der Waals surface area contributed by atoms with Crippen molar-refractivity contribution in [1.82, 2.24) is 0 Å². The van der Waals surface area contributed by atoms with E-state index in [9.17, 15) is 18.1 Å². The van der Waals surface area contributed by atoms with Gasteiger partial charge in [0.25, 0.3) is 0 Å². The van der Waals surface area contributed by atoms with E-state index in [4.69, 9.17) is 16.4 Å². The van der Waals surface area contributed by atoms with Crippen molar-refractivity contribution >= 4 is 11.5 Å². The zero-order valence-corrected chi connectivity index (χ0v) is 17.9. The van der Waals surface area contributed by atoms with Crippen LogP contribution in [0.25, 0.3) is 0 Å². The van der Waals surface area contributed by atoms with E-state index in [2.05, 4.69) is 5.92 Å². The molecule has 1 aromatic rings. The fraction of sp³-hybridized carbons (Fsp3) is 0.552. The third-order valence-electron chi connectivity index (χ3n) is 6.01. The van der Waals surface area contributed by atoms with Gasteiger partial charge in [-0.15, -0.1) is 5.92 Å². The van der Waals surface area contributed by atoms with Crippen molar-refractivity contribution in [3.63, 3.8) is 0 Å². The summed E-state index contributed by atoms with van der Waals surface area (Å²) in [5.74, 6) is -7.97. The number of aliphatic hydroxyl groups is 1. The van der Waals surface area contributed by atoms with Crippen molar-refractivity contribution < 1.29 is 34.6 Å². The van der Waals surface area contributed by atoms with E-state index >= 15 is 0 Å². The van der Waals surface area contributed by atoms with Crippen LogP contribution in [0.15, 0.2) is 47.0 Å². The van der Waals surface area contributed by atoms with Gasteiger partial charge in [0.2, 0.25) is 0 Å². The lowest BCUT2D eigenvalue weighted by Gasteiger charge is -2.53. The number of anilines is 1. The molecule has 1 aromatic carbocycles. The summed E-state index contributed by atoms with van der Waals surface area (Å²) in [7, 11) is 3.27. The van der Waals surface area contributed by atoms with Gasteiger partial charge in [-0.05, 0) is 91.9 Å². The Balaban J connectivity index is 2.25. The molecule has 0 aromatic heterocycles. The second-order valence-corrected chi connectivity index (χ2v) is 8.21. The molecular weight excluding hydrogens is 394 g/mol. The Bertz CT molecular complexity index is 1820. The summed E-state index contributed by atoms with van der Waals surface area (Å²) in [5, 5.41) is 12.4. The maximum absolute atomic E-state index is 13.0. The number of ketones is 1. The number of carbonyl (C=O) groups is 1. The summed E-state index contributed by atoms with van der Waals surface area (Å²) in [5.41, 5.74) is -11.9. The molecule has 2 fully saturated rings. The monoisotopic (exact) mass is 447 g/mol. The molecule has 2 saturated carbocycles. The smallest absolute Gasteiger partial charge is 0.156 e. The highest BCUT2D eigenvalue weighted by atomic mass is 16.3. The van der Waals surface area contributed by atoms with Crippen molar-refractivity contribution in [3.05, 3.63) is 52.6 Å². The number of rotatable bonds is 2. The fourth-order valence-electron chi connectivity index (χ4n) is 4.37. The standard InChI is InChI=1S/C29H35NO2/c1-5-15-29(32)16-14-26-24-12-8-20-17-22(31)11-13-23(20)27(24)25(18-28(26,29)2)19-6-9-21(10-7-19)30(3)4/h6-7,9-10,17,24-26,32H,8,11-14,16,18H2,1-4H3/t24-,25+,26-,28-,29-/m0/s1/i2D3,8D2,12D2,13D2,14D2,16D2,17D,18D2,25D,26D. The molecule has 0 aliphatic heterocycles. The lowest BCUT2D eigenvalue weighted by Crippen LogP contribution is -2.51. The minimum absolute atomic E-state index is 0.452. The van der Waals surface area contributed by atoms with Crippen molar-refractivity contribution in [2.75, 3.05) is 19.0 Å². The highest BCUT2D eigenvalue weighted by Crippen LogP contribution is 2.66. The number of benzene rings is 1. The SMILES string of the molecule is [2H]C1=C2C(=C3[C@@H](C([2H])([2H])C2([2H])[2H])[C@]2([2H])C([2H])([2H])C([2H])([2H])[C@@](O)(C#CC)[C@@]2(C([2H])([2H])[2H])C([2H])([2H])[C@]3([2H])c2ccc(N(C)C)cc2)C([2H])([2H])CC1=O. The Labute approximate surface area is 217 Å². The van der Waals surface area contributed by atoms with E-state index < -0.39 is 114 Å². The third kappa shape index (κ3) is 3.11. The van der Waals surface area contributed by atoms with Crippen LogP contribution in [0.1, 0.15) is 94.6 Å². The average Bonchev–Trinajstić information content (AvgIpc) is 3.02. The molecule has 3 nitrogen and oxygen atoms in total. The van der Waals surface area contributed by atoms with Gasteiger partial charge in [-0.25, -0.2) is 0 Å². The molecule has 0 amide bonds. The largest absolute Gasteiger partial charge is 0.378 e. The molecule has 0 radical (unpaired) electrons. The van der Waals surface area contributed by atoms with Gasteiger partial charge in [0, 0.05) is 60.8 Å². The van der Waals surface area contributed by atoms with E-state index in [1.807, 2.05) is 5.92 Å². The number of carbonyl (C=O) groups excluding carboxylic acids is 1. The predicted octanol–water partition coefficient (Wildman–Crippen LogP) is 5.41. The first-order chi connectivity index (χ1) is 22.2. The van der Waals surface area contributed by atoms with Gasteiger partial charge >= 0.3 is 0 Å². The average molecular weight is 448 g/mol. The van der Waals surface area contributed by atoms with Crippen LogP contribution in [0.3, 0.4) is 0 Å².